The zero-order chi connectivity index (χ0) is 19.6. The third-order valence-corrected chi connectivity index (χ3v) is 4.83. The molecule has 0 aromatic carbocycles. The zero-order valence-electron chi connectivity index (χ0n) is 16.5. The monoisotopic (exact) mass is 366 g/mol. The summed E-state index contributed by atoms with van der Waals surface area (Å²) in [5.74, 6) is -0.406. The molecule has 3 heterocycles. The van der Waals surface area contributed by atoms with Crippen LogP contribution in [0.1, 0.15) is 49.1 Å². The molecular formula is C21H26N4O2. The van der Waals surface area contributed by atoms with Crippen LogP contribution in [0.25, 0.3) is 11.2 Å². The molecule has 0 bridgehead atoms. The normalized spacial score (nSPS) is 16.6. The number of esters is 1. The molecule has 0 N–H and O–H groups in total. The van der Waals surface area contributed by atoms with E-state index < -0.39 is 5.97 Å². The molecule has 6 heteroatoms. The molecule has 6 nitrogen and oxygen atoms in total. The van der Waals surface area contributed by atoms with Crippen LogP contribution in [0.2, 0.25) is 0 Å². The SMILES string of the molecule is C=C1/C(=C\C(=C/C)c2cc3nc(C(=O)OCC)cc(CC)n3n2)CCN1C. The van der Waals surface area contributed by atoms with E-state index in [4.69, 9.17) is 9.84 Å². The van der Waals surface area contributed by atoms with E-state index in [2.05, 4.69) is 29.6 Å². The molecule has 1 aliphatic heterocycles. The molecular weight excluding hydrogens is 340 g/mol. The number of hydrogen-bond donors (Lipinski definition) is 0. The number of aryl methyl sites for hydroxylation is 1. The van der Waals surface area contributed by atoms with Crippen LogP contribution in [0.4, 0.5) is 0 Å². The summed E-state index contributed by atoms with van der Waals surface area (Å²) in [6.45, 7) is 11.3. The van der Waals surface area contributed by atoms with Gasteiger partial charge in [-0.2, -0.15) is 5.10 Å². The topological polar surface area (TPSA) is 59.7 Å². The van der Waals surface area contributed by atoms with E-state index >= 15 is 0 Å². The zero-order valence-corrected chi connectivity index (χ0v) is 16.5. The lowest BCUT2D eigenvalue weighted by Crippen LogP contribution is -2.10. The Balaban J connectivity index is 2.03. The fraction of sp³-hybridized carbons (Fsp3) is 0.381. The number of nitrogens with zero attached hydrogens (tertiary/aromatic N) is 4. The van der Waals surface area contributed by atoms with Crippen LogP contribution in [0, 0.1) is 0 Å². The van der Waals surface area contributed by atoms with Crippen molar-refractivity contribution >= 4 is 17.2 Å². The Hall–Kier alpha value is -2.89. The van der Waals surface area contributed by atoms with E-state index in [1.807, 2.05) is 26.0 Å². The summed E-state index contributed by atoms with van der Waals surface area (Å²) in [6.07, 6.45) is 5.90. The van der Waals surface area contributed by atoms with Crippen molar-refractivity contribution in [3.63, 3.8) is 0 Å². The predicted octanol–water partition coefficient (Wildman–Crippen LogP) is 3.65. The first kappa shape index (κ1) is 18.9. The average molecular weight is 366 g/mol. The van der Waals surface area contributed by atoms with Gasteiger partial charge in [0.15, 0.2) is 11.3 Å². The van der Waals surface area contributed by atoms with Gasteiger partial charge < -0.3 is 9.64 Å². The van der Waals surface area contributed by atoms with Crippen LogP contribution < -0.4 is 0 Å². The van der Waals surface area contributed by atoms with E-state index in [1.54, 1.807) is 17.5 Å². The van der Waals surface area contributed by atoms with Crippen molar-refractivity contribution in [3.05, 3.63) is 59.2 Å². The molecule has 1 fully saturated rings. The van der Waals surface area contributed by atoms with Crippen molar-refractivity contribution in [1.29, 1.82) is 0 Å². The minimum absolute atomic E-state index is 0.318. The van der Waals surface area contributed by atoms with Crippen molar-refractivity contribution in [2.24, 2.45) is 0 Å². The molecule has 142 valence electrons. The molecule has 1 saturated heterocycles. The van der Waals surface area contributed by atoms with Gasteiger partial charge in [-0.3, -0.25) is 0 Å². The van der Waals surface area contributed by atoms with E-state index in [1.165, 1.54) is 5.57 Å². The van der Waals surface area contributed by atoms with E-state index in [0.717, 1.165) is 42.0 Å². The summed E-state index contributed by atoms with van der Waals surface area (Å²) in [6, 6.07) is 3.67. The van der Waals surface area contributed by atoms with E-state index in [0.29, 0.717) is 17.9 Å². The quantitative estimate of drug-likeness (QED) is 0.756. The van der Waals surface area contributed by atoms with Gasteiger partial charge in [0.25, 0.3) is 0 Å². The average Bonchev–Trinajstić information content (AvgIpc) is 3.23. The highest BCUT2D eigenvalue weighted by atomic mass is 16.5. The number of likely N-dealkylation sites (N-methyl/N-ethyl adjacent to an activating group) is 1. The number of allylic oxidation sites excluding steroid dienone is 4. The summed E-state index contributed by atoms with van der Waals surface area (Å²) < 4.78 is 6.90. The Labute approximate surface area is 159 Å². The van der Waals surface area contributed by atoms with Gasteiger partial charge in [0.2, 0.25) is 0 Å². The minimum atomic E-state index is -0.406. The maximum absolute atomic E-state index is 12.1. The molecule has 0 radical (unpaired) electrons. The van der Waals surface area contributed by atoms with Crippen LogP contribution in [-0.4, -0.2) is 45.7 Å². The Bertz CT molecular complexity index is 952. The van der Waals surface area contributed by atoms with Gasteiger partial charge in [0, 0.05) is 31.0 Å². The lowest BCUT2D eigenvalue weighted by atomic mass is 10.1. The number of aromatic nitrogens is 3. The number of fused-ring (bicyclic) bond motifs is 1. The van der Waals surface area contributed by atoms with Crippen molar-refractivity contribution in [3.8, 4) is 0 Å². The molecule has 2 aromatic heterocycles. The number of likely N-dealkylation sites (tertiary alicyclic amines) is 1. The first-order valence-corrected chi connectivity index (χ1v) is 9.32. The van der Waals surface area contributed by atoms with E-state index in [-0.39, 0.29) is 0 Å². The summed E-state index contributed by atoms with van der Waals surface area (Å²) in [4.78, 5) is 18.7. The molecule has 0 unspecified atom stereocenters. The summed E-state index contributed by atoms with van der Waals surface area (Å²) in [5.41, 5.74) is 6.00. The minimum Gasteiger partial charge on any atom is -0.461 e. The summed E-state index contributed by atoms with van der Waals surface area (Å²) in [7, 11) is 2.05. The number of ether oxygens (including phenoxy) is 1. The van der Waals surface area contributed by atoms with Crippen LogP contribution >= 0.6 is 0 Å². The number of hydrogen-bond acceptors (Lipinski definition) is 5. The first-order chi connectivity index (χ1) is 13.0. The van der Waals surface area contributed by atoms with Crippen LogP contribution in [0.15, 0.2) is 42.1 Å². The molecule has 27 heavy (non-hydrogen) atoms. The molecule has 0 atom stereocenters. The molecule has 3 rings (SSSR count). The highest BCUT2D eigenvalue weighted by molar-refractivity contribution is 5.88. The second-order valence-corrected chi connectivity index (χ2v) is 6.54. The van der Waals surface area contributed by atoms with Gasteiger partial charge in [0.05, 0.1) is 12.3 Å². The van der Waals surface area contributed by atoms with Gasteiger partial charge in [-0.1, -0.05) is 19.6 Å². The largest absolute Gasteiger partial charge is 0.461 e. The third-order valence-electron chi connectivity index (χ3n) is 4.83. The van der Waals surface area contributed by atoms with Crippen LogP contribution in [-0.2, 0) is 11.2 Å². The van der Waals surface area contributed by atoms with Crippen LogP contribution in [0.5, 0.6) is 0 Å². The smallest absolute Gasteiger partial charge is 0.357 e. The summed E-state index contributed by atoms with van der Waals surface area (Å²) in [5, 5.41) is 4.73. The fourth-order valence-electron chi connectivity index (χ4n) is 3.20. The fourth-order valence-corrected chi connectivity index (χ4v) is 3.20. The second kappa shape index (κ2) is 7.78. The maximum Gasteiger partial charge on any atom is 0.357 e. The van der Waals surface area contributed by atoms with Crippen molar-refractivity contribution in [2.75, 3.05) is 20.2 Å². The highest BCUT2D eigenvalue weighted by Gasteiger charge is 2.19. The summed E-state index contributed by atoms with van der Waals surface area (Å²) >= 11 is 0. The second-order valence-electron chi connectivity index (χ2n) is 6.54. The molecule has 0 amide bonds. The molecule has 0 aliphatic carbocycles. The van der Waals surface area contributed by atoms with Gasteiger partial charge in [0.1, 0.15) is 0 Å². The molecule has 0 saturated carbocycles. The van der Waals surface area contributed by atoms with Gasteiger partial charge in [-0.15, -0.1) is 0 Å². The van der Waals surface area contributed by atoms with Gasteiger partial charge in [-0.25, -0.2) is 14.3 Å². The molecule has 0 spiro atoms. The Morgan fingerprint density at radius 3 is 2.70 bits per heavy atom. The predicted molar refractivity (Wildman–Crippen MR) is 106 cm³/mol. The lowest BCUT2D eigenvalue weighted by Gasteiger charge is -2.10. The van der Waals surface area contributed by atoms with Crippen LogP contribution in [0.3, 0.4) is 0 Å². The number of carbonyl (C=O) groups excluding carboxylic acids is 1. The number of rotatable bonds is 5. The third kappa shape index (κ3) is 3.65. The van der Waals surface area contributed by atoms with Crippen molar-refractivity contribution in [1.82, 2.24) is 19.5 Å². The lowest BCUT2D eigenvalue weighted by molar-refractivity contribution is 0.0519. The van der Waals surface area contributed by atoms with Crippen molar-refractivity contribution < 1.29 is 9.53 Å². The molecule has 2 aromatic rings. The van der Waals surface area contributed by atoms with Gasteiger partial charge >= 0.3 is 5.97 Å². The molecule has 1 aliphatic rings. The Kier molecular flexibility index (Phi) is 5.44. The highest BCUT2D eigenvalue weighted by Crippen LogP contribution is 2.28. The maximum atomic E-state index is 12.1. The first-order valence-electron chi connectivity index (χ1n) is 9.32. The Morgan fingerprint density at radius 2 is 2.11 bits per heavy atom. The van der Waals surface area contributed by atoms with Crippen molar-refractivity contribution in [2.45, 2.75) is 33.6 Å². The standard InChI is InChI=1S/C21H26N4O2/c1-6-15(11-16-9-10-24(5)14(16)4)18-13-20-22-19(21(26)27-8-3)12-17(7-2)25(20)23-18/h6,11-13H,4,7-10H2,1-3,5H3/b15-6+,16-11-. The Morgan fingerprint density at radius 1 is 1.33 bits per heavy atom. The van der Waals surface area contributed by atoms with E-state index in [9.17, 15) is 4.79 Å². The van der Waals surface area contributed by atoms with Gasteiger partial charge in [-0.05, 0) is 50.0 Å². The number of carbonyl (C=O) groups is 1.